The van der Waals surface area contributed by atoms with E-state index in [4.69, 9.17) is 27.9 Å². The largest absolute Gasteiger partial charge is 0.379 e. The van der Waals surface area contributed by atoms with Gasteiger partial charge in [0.2, 0.25) is 0 Å². The molecular weight excluding hydrogens is 435 g/mol. The van der Waals surface area contributed by atoms with Gasteiger partial charge in [0, 0.05) is 31.2 Å². The number of carbonyl (C=O) groups excluding carboxylic acids is 1. The number of ether oxygens (including phenoxy) is 1. The minimum Gasteiger partial charge on any atom is -0.379 e. The maximum absolute atomic E-state index is 13.2. The Labute approximate surface area is 194 Å². The quantitative estimate of drug-likeness (QED) is 0.644. The predicted molar refractivity (Wildman–Crippen MR) is 123 cm³/mol. The van der Waals surface area contributed by atoms with E-state index in [9.17, 15) is 4.79 Å². The summed E-state index contributed by atoms with van der Waals surface area (Å²) in [7, 11) is 0. The van der Waals surface area contributed by atoms with Crippen LogP contribution in [-0.4, -0.2) is 71.4 Å². The second-order valence-corrected chi connectivity index (χ2v) is 9.24. The van der Waals surface area contributed by atoms with Gasteiger partial charge in [-0.15, -0.1) is 0 Å². The van der Waals surface area contributed by atoms with Gasteiger partial charge in [-0.25, -0.2) is 4.68 Å². The average Bonchev–Trinajstić information content (AvgIpc) is 3.07. The molecule has 0 radical (unpaired) electrons. The van der Waals surface area contributed by atoms with Gasteiger partial charge in [0.15, 0.2) is 0 Å². The topological polar surface area (TPSA) is 50.6 Å². The molecule has 168 valence electrons. The van der Waals surface area contributed by atoms with Crippen LogP contribution in [0.15, 0.2) is 24.3 Å². The first-order valence-electron chi connectivity index (χ1n) is 11.1. The minimum absolute atomic E-state index is 0.0143. The van der Waals surface area contributed by atoms with E-state index in [2.05, 4.69) is 10.00 Å². The first-order valence-corrected chi connectivity index (χ1v) is 11.8. The molecular formula is C23H30Cl2N4O2. The molecule has 0 unspecified atom stereocenters. The highest BCUT2D eigenvalue weighted by molar-refractivity contribution is 6.33. The number of aryl methyl sites for hydroxylation is 1. The molecule has 3 heterocycles. The molecule has 0 bridgehead atoms. The monoisotopic (exact) mass is 464 g/mol. The van der Waals surface area contributed by atoms with E-state index in [1.54, 1.807) is 4.68 Å². The summed E-state index contributed by atoms with van der Waals surface area (Å²) in [6, 6.07) is 7.61. The van der Waals surface area contributed by atoms with Gasteiger partial charge in [-0.2, -0.15) is 5.10 Å². The van der Waals surface area contributed by atoms with Gasteiger partial charge in [-0.3, -0.25) is 9.69 Å². The van der Waals surface area contributed by atoms with Gasteiger partial charge < -0.3 is 9.64 Å². The zero-order chi connectivity index (χ0) is 21.8. The number of carbonyl (C=O) groups is 1. The molecule has 31 heavy (non-hydrogen) atoms. The number of nitrogens with zero attached hydrogens (tertiary/aromatic N) is 4. The maximum Gasteiger partial charge on any atom is 0.258 e. The lowest BCUT2D eigenvalue weighted by atomic mass is 9.93. The molecule has 2 aromatic rings. The highest BCUT2D eigenvalue weighted by Crippen LogP contribution is 2.27. The number of hydrogen-bond donors (Lipinski definition) is 0. The second-order valence-electron chi connectivity index (χ2n) is 8.48. The van der Waals surface area contributed by atoms with E-state index < -0.39 is 0 Å². The third kappa shape index (κ3) is 5.43. The van der Waals surface area contributed by atoms with Crippen LogP contribution in [-0.2, 0) is 11.3 Å². The van der Waals surface area contributed by atoms with E-state index in [0.29, 0.717) is 33.9 Å². The lowest BCUT2D eigenvalue weighted by Crippen LogP contribution is -2.41. The second kappa shape index (κ2) is 10.3. The molecule has 2 fully saturated rings. The Bertz CT molecular complexity index is 903. The van der Waals surface area contributed by atoms with Crippen LogP contribution in [0.2, 0.25) is 10.2 Å². The molecule has 0 spiro atoms. The highest BCUT2D eigenvalue weighted by atomic mass is 35.5. The Morgan fingerprint density at radius 2 is 1.84 bits per heavy atom. The van der Waals surface area contributed by atoms with Gasteiger partial charge in [-0.1, -0.05) is 41.4 Å². The zero-order valence-electron chi connectivity index (χ0n) is 18.0. The summed E-state index contributed by atoms with van der Waals surface area (Å²) >= 11 is 12.9. The fourth-order valence-electron chi connectivity index (χ4n) is 4.46. The van der Waals surface area contributed by atoms with Crippen molar-refractivity contribution in [1.29, 1.82) is 0 Å². The zero-order valence-corrected chi connectivity index (χ0v) is 19.5. The maximum atomic E-state index is 13.2. The smallest absolute Gasteiger partial charge is 0.258 e. The average molecular weight is 465 g/mol. The van der Waals surface area contributed by atoms with Crippen molar-refractivity contribution in [3.8, 4) is 0 Å². The van der Waals surface area contributed by atoms with Gasteiger partial charge in [0.25, 0.3) is 5.91 Å². The fourth-order valence-corrected chi connectivity index (χ4v) is 4.97. The molecule has 0 N–H and O–H groups in total. The first kappa shape index (κ1) is 22.6. The summed E-state index contributed by atoms with van der Waals surface area (Å²) in [4.78, 5) is 17.6. The molecule has 1 aromatic carbocycles. The Kier molecular flexibility index (Phi) is 7.54. The van der Waals surface area contributed by atoms with Crippen molar-refractivity contribution in [2.24, 2.45) is 5.92 Å². The van der Waals surface area contributed by atoms with Crippen LogP contribution < -0.4 is 0 Å². The summed E-state index contributed by atoms with van der Waals surface area (Å²) in [6.45, 7) is 8.72. The van der Waals surface area contributed by atoms with Crippen LogP contribution in [0.1, 0.15) is 40.9 Å². The van der Waals surface area contributed by atoms with Crippen LogP contribution in [0.25, 0.3) is 0 Å². The van der Waals surface area contributed by atoms with Gasteiger partial charge in [-0.05, 0) is 50.3 Å². The van der Waals surface area contributed by atoms with E-state index in [1.165, 1.54) is 6.42 Å². The van der Waals surface area contributed by atoms with Gasteiger partial charge >= 0.3 is 0 Å². The predicted octanol–water partition coefficient (Wildman–Crippen LogP) is 4.12. The van der Waals surface area contributed by atoms with Crippen LogP contribution >= 0.6 is 23.2 Å². The van der Waals surface area contributed by atoms with Gasteiger partial charge in [0.05, 0.1) is 31.0 Å². The molecule has 1 amide bonds. The SMILES string of the molecule is Cc1nn(Cc2ccccc2Cl)c(Cl)c1C(=O)N1CCC(CCN2CCOCC2)CC1. The molecule has 0 atom stereocenters. The van der Waals surface area contributed by atoms with Crippen molar-refractivity contribution in [2.45, 2.75) is 32.7 Å². The molecule has 4 rings (SSSR count). The van der Waals surface area contributed by atoms with Crippen molar-refractivity contribution in [2.75, 3.05) is 45.9 Å². The summed E-state index contributed by atoms with van der Waals surface area (Å²) in [6.07, 6.45) is 3.28. The number of aromatic nitrogens is 2. The van der Waals surface area contributed by atoms with Crippen LogP contribution in [0.4, 0.5) is 0 Å². The van der Waals surface area contributed by atoms with E-state index in [1.807, 2.05) is 36.1 Å². The Morgan fingerprint density at radius 1 is 1.13 bits per heavy atom. The van der Waals surface area contributed by atoms with Crippen LogP contribution in [0.3, 0.4) is 0 Å². The number of likely N-dealkylation sites (tertiary alicyclic amines) is 1. The first-order chi connectivity index (χ1) is 15.0. The summed E-state index contributed by atoms with van der Waals surface area (Å²) in [5, 5.41) is 5.57. The van der Waals surface area contributed by atoms with Crippen molar-refractivity contribution in [3.05, 3.63) is 51.3 Å². The lowest BCUT2D eigenvalue weighted by molar-refractivity contribution is 0.0332. The fraction of sp³-hybridized carbons (Fsp3) is 0.565. The standard InChI is InChI=1S/C23H30Cl2N4O2/c1-17-21(22(25)29(26-17)16-19-4-2-3-5-20(19)24)23(30)28-10-7-18(8-11-28)6-9-27-12-14-31-15-13-27/h2-5,18H,6-16H2,1H3. The number of halogens is 2. The van der Waals surface area contributed by atoms with Gasteiger partial charge in [0.1, 0.15) is 5.15 Å². The molecule has 0 aliphatic carbocycles. The Morgan fingerprint density at radius 3 is 2.55 bits per heavy atom. The molecule has 2 saturated heterocycles. The molecule has 0 saturated carbocycles. The number of piperidine rings is 1. The van der Waals surface area contributed by atoms with Crippen molar-refractivity contribution in [1.82, 2.24) is 19.6 Å². The molecule has 2 aliphatic rings. The number of benzene rings is 1. The van der Waals surface area contributed by atoms with Crippen molar-refractivity contribution in [3.63, 3.8) is 0 Å². The third-order valence-electron chi connectivity index (χ3n) is 6.42. The normalized spacial score (nSPS) is 18.5. The molecule has 2 aliphatic heterocycles. The summed E-state index contributed by atoms with van der Waals surface area (Å²) in [5.41, 5.74) is 2.10. The lowest BCUT2D eigenvalue weighted by Gasteiger charge is -2.34. The highest BCUT2D eigenvalue weighted by Gasteiger charge is 2.29. The van der Waals surface area contributed by atoms with Crippen LogP contribution in [0.5, 0.6) is 0 Å². The van der Waals surface area contributed by atoms with E-state index in [0.717, 1.165) is 64.3 Å². The number of hydrogen-bond acceptors (Lipinski definition) is 4. The Hall–Kier alpha value is -1.60. The minimum atomic E-state index is -0.0143. The van der Waals surface area contributed by atoms with Crippen molar-refractivity contribution >= 4 is 29.1 Å². The van der Waals surface area contributed by atoms with Crippen molar-refractivity contribution < 1.29 is 9.53 Å². The molecule has 1 aromatic heterocycles. The summed E-state index contributed by atoms with van der Waals surface area (Å²) in [5.74, 6) is 0.658. The molecule has 6 nitrogen and oxygen atoms in total. The Balaban J connectivity index is 1.34. The number of rotatable bonds is 6. The third-order valence-corrected chi connectivity index (χ3v) is 7.17. The van der Waals surface area contributed by atoms with E-state index >= 15 is 0 Å². The van der Waals surface area contributed by atoms with Crippen LogP contribution in [0, 0.1) is 12.8 Å². The number of morpholine rings is 1. The summed E-state index contributed by atoms with van der Waals surface area (Å²) < 4.78 is 7.09. The number of amides is 1. The van der Waals surface area contributed by atoms with E-state index in [-0.39, 0.29) is 5.91 Å². The molecule has 8 heteroatoms.